The summed E-state index contributed by atoms with van der Waals surface area (Å²) in [6, 6.07) is 6.36. The molecule has 2 fully saturated rings. The maximum Gasteiger partial charge on any atom is 0.156 e. The molecule has 0 radical (unpaired) electrons. The Labute approximate surface area is 173 Å². The summed E-state index contributed by atoms with van der Waals surface area (Å²) >= 11 is 1.40. The third-order valence-corrected chi connectivity index (χ3v) is 6.66. The van der Waals surface area contributed by atoms with Crippen molar-refractivity contribution in [3.8, 4) is 0 Å². The number of rotatable bonds is 4. The number of hydrogen-bond acceptors (Lipinski definition) is 7. The van der Waals surface area contributed by atoms with Crippen LogP contribution in [0.4, 0.5) is 15.9 Å². The third kappa shape index (κ3) is 3.79. The van der Waals surface area contributed by atoms with Gasteiger partial charge in [0.05, 0.1) is 18.7 Å². The lowest BCUT2D eigenvalue weighted by molar-refractivity contribution is 0.122. The molecule has 29 heavy (non-hydrogen) atoms. The van der Waals surface area contributed by atoms with Gasteiger partial charge in [-0.05, 0) is 31.0 Å². The minimum absolute atomic E-state index is 0.0625. The Morgan fingerprint density at radius 2 is 2.00 bits per heavy atom. The third-order valence-electron chi connectivity index (χ3n) is 5.83. The molecule has 2 aromatic heterocycles. The summed E-state index contributed by atoms with van der Waals surface area (Å²) in [4.78, 5) is 17.8. The van der Waals surface area contributed by atoms with E-state index in [9.17, 15) is 4.39 Å². The van der Waals surface area contributed by atoms with Gasteiger partial charge in [0.1, 0.15) is 17.2 Å². The fourth-order valence-corrected chi connectivity index (χ4v) is 5.02. The lowest BCUT2D eigenvalue weighted by Crippen LogP contribution is -2.38. The highest BCUT2D eigenvalue weighted by atomic mass is 32.1. The highest BCUT2D eigenvalue weighted by Crippen LogP contribution is 2.36. The molecule has 0 spiro atoms. The van der Waals surface area contributed by atoms with Crippen molar-refractivity contribution in [2.24, 2.45) is 5.92 Å². The summed E-state index contributed by atoms with van der Waals surface area (Å²) < 4.78 is 20.4. The van der Waals surface area contributed by atoms with E-state index in [1.807, 2.05) is 5.38 Å². The Bertz CT molecular complexity index is 963. The van der Waals surface area contributed by atoms with Crippen LogP contribution in [0.25, 0.3) is 10.9 Å². The molecule has 0 saturated carbocycles. The van der Waals surface area contributed by atoms with Crippen LogP contribution >= 0.6 is 11.3 Å². The summed E-state index contributed by atoms with van der Waals surface area (Å²) in [5.74, 6) is 0.840. The number of alkyl halides is 1. The van der Waals surface area contributed by atoms with E-state index >= 15 is 0 Å². The number of ether oxygens (including phenoxy) is 1. The molecule has 3 aromatic rings. The maximum atomic E-state index is 15.0. The highest BCUT2D eigenvalue weighted by molar-refractivity contribution is 7.09. The number of aromatic nitrogens is 3. The average Bonchev–Trinajstić information content (AvgIpc) is 3.33. The SMILES string of the molecule is FC(c1nccs1)C1CCCN(c2ncnc3cc(N4CCOCC4)ccc23)C1. The molecule has 1 aromatic carbocycles. The van der Waals surface area contributed by atoms with Crippen molar-refractivity contribution in [1.82, 2.24) is 15.0 Å². The van der Waals surface area contributed by atoms with Gasteiger partial charge in [0, 0.05) is 54.7 Å². The van der Waals surface area contributed by atoms with Crippen molar-refractivity contribution < 1.29 is 9.13 Å². The first kappa shape index (κ1) is 18.7. The monoisotopic (exact) mass is 413 g/mol. The fourth-order valence-electron chi connectivity index (χ4n) is 4.32. The van der Waals surface area contributed by atoms with E-state index < -0.39 is 6.17 Å². The summed E-state index contributed by atoms with van der Waals surface area (Å²) in [5.41, 5.74) is 2.09. The Kier molecular flexibility index (Phi) is 5.28. The van der Waals surface area contributed by atoms with Gasteiger partial charge in [0.25, 0.3) is 0 Å². The van der Waals surface area contributed by atoms with Gasteiger partial charge in [-0.2, -0.15) is 0 Å². The Hall–Kier alpha value is -2.32. The molecular weight excluding hydrogens is 389 g/mol. The normalized spacial score (nSPS) is 21.5. The van der Waals surface area contributed by atoms with Crippen LogP contribution in [0.15, 0.2) is 36.1 Å². The summed E-state index contributed by atoms with van der Waals surface area (Å²) in [6.45, 7) is 4.84. The van der Waals surface area contributed by atoms with E-state index in [0.717, 1.165) is 68.1 Å². The molecule has 2 aliphatic heterocycles. The second-order valence-electron chi connectivity index (χ2n) is 7.62. The molecule has 5 rings (SSSR count). The summed E-state index contributed by atoms with van der Waals surface area (Å²) in [7, 11) is 0. The molecule has 6 nitrogen and oxygen atoms in total. The van der Waals surface area contributed by atoms with Crippen LogP contribution in [0.5, 0.6) is 0 Å². The van der Waals surface area contributed by atoms with Gasteiger partial charge < -0.3 is 14.5 Å². The number of benzene rings is 1. The van der Waals surface area contributed by atoms with Crippen LogP contribution in [0.2, 0.25) is 0 Å². The van der Waals surface area contributed by atoms with Crippen LogP contribution in [-0.4, -0.2) is 54.3 Å². The second kappa shape index (κ2) is 8.20. The number of nitrogens with zero attached hydrogens (tertiary/aromatic N) is 5. The quantitative estimate of drug-likeness (QED) is 0.648. The van der Waals surface area contributed by atoms with Crippen LogP contribution < -0.4 is 9.80 Å². The lowest BCUT2D eigenvalue weighted by atomic mass is 9.93. The van der Waals surface area contributed by atoms with Gasteiger partial charge in [0.15, 0.2) is 6.17 Å². The molecule has 2 atom stereocenters. The largest absolute Gasteiger partial charge is 0.378 e. The van der Waals surface area contributed by atoms with Crippen molar-refractivity contribution in [1.29, 1.82) is 0 Å². The second-order valence-corrected chi connectivity index (χ2v) is 8.54. The molecule has 4 heterocycles. The molecule has 8 heteroatoms. The first-order chi connectivity index (χ1) is 14.3. The Morgan fingerprint density at radius 3 is 2.83 bits per heavy atom. The molecule has 0 bridgehead atoms. The number of anilines is 2. The van der Waals surface area contributed by atoms with Crippen molar-refractivity contribution in [2.45, 2.75) is 19.0 Å². The van der Waals surface area contributed by atoms with Gasteiger partial charge in [0.2, 0.25) is 0 Å². The van der Waals surface area contributed by atoms with E-state index in [1.54, 1.807) is 12.5 Å². The first-order valence-corrected chi connectivity index (χ1v) is 11.0. The molecule has 0 N–H and O–H groups in total. The van der Waals surface area contributed by atoms with Gasteiger partial charge in [-0.25, -0.2) is 19.3 Å². The minimum atomic E-state index is -1.01. The number of thiazole rings is 1. The van der Waals surface area contributed by atoms with Crippen molar-refractivity contribution in [3.63, 3.8) is 0 Å². The molecule has 0 amide bonds. The van der Waals surface area contributed by atoms with Crippen LogP contribution in [-0.2, 0) is 4.74 Å². The predicted octanol–water partition coefficient (Wildman–Crippen LogP) is 3.85. The van der Waals surface area contributed by atoms with Crippen molar-refractivity contribution in [2.75, 3.05) is 49.2 Å². The zero-order chi connectivity index (χ0) is 19.6. The maximum absolute atomic E-state index is 15.0. The average molecular weight is 414 g/mol. The fraction of sp³-hybridized carbons (Fsp3) is 0.476. The standard InChI is InChI=1S/C21H24FN5OS/c22-19(21-23-5-11-29-21)15-2-1-6-27(13-15)20-17-4-3-16(12-18(17)24-14-25-20)26-7-9-28-10-8-26/h3-5,11-12,14-15,19H,1-2,6-10,13H2. The molecule has 0 aliphatic carbocycles. The molecule has 152 valence electrons. The lowest BCUT2D eigenvalue weighted by Gasteiger charge is -2.35. The summed E-state index contributed by atoms with van der Waals surface area (Å²) in [5, 5.41) is 3.45. The smallest absolute Gasteiger partial charge is 0.156 e. The minimum Gasteiger partial charge on any atom is -0.378 e. The highest BCUT2D eigenvalue weighted by Gasteiger charge is 2.31. The van der Waals surface area contributed by atoms with E-state index in [1.165, 1.54) is 11.3 Å². The predicted molar refractivity (Wildman–Crippen MR) is 113 cm³/mol. The Morgan fingerprint density at radius 1 is 1.10 bits per heavy atom. The number of piperidine rings is 1. The van der Waals surface area contributed by atoms with E-state index in [4.69, 9.17) is 4.74 Å². The molecular formula is C21H24FN5OS. The molecule has 2 unspecified atom stereocenters. The Balaban J connectivity index is 1.40. The van der Waals surface area contributed by atoms with Crippen LogP contribution in [0, 0.1) is 5.92 Å². The topological polar surface area (TPSA) is 54.4 Å². The molecule has 2 saturated heterocycles. The van der Waals surface area contributed by atoms with Crippen LogP contribution in [0.3, 0.4) is 0 Å². The van der Waals surface area contributed by atoms with Gasteiger partial charge in [-0.15, -0.1) is 11.3 Å². The van der Waals surface area contributed by atoms with E-state index in [0.29, 0.717) is 11.6 Å². The zero-order valence-electron chi connectivity index (χ0n) is 16.2. The van der Waals surface area contributed by atoms with Gasteiger partial charge in [-0.1, -0.05) is 0 Å². The van der Waals surface area contributed by atoms with E-state index in [-0.39, 0.29) is 5.92 Å². The number of fused-ring (bicyclic) bond motifs is 1. The number of morpholine rings is 1. The summed E-state index contributed by atoms with van der Waals surface area (Å²) in [6.07, 6.45) is 4.11. The molecule has 2 aliphatic rings. The van der Waals surface area contributed by atoms with Gasteiger partial charge in [-0.3, -0.25) is 0 Å². The van der Waals surface area contributed by atoms with Crippen molar-refractivity contribution >= 4 is 33.7 Å². The number of hydrogen-bond donors (Lipinski definition) is 0. The zero-order valence-corrected chi connectivity index (χ0v) is 17.0. The first-order valence-electron chi connectivity index (χ1n) is 10.2. The van der Waals surface area contributed by atoms with E-state index in [2.05, 4.69) is 43.0 Å². The van der Waals surface area contributed by atoms with Crippen molar-refractivity contribution in [3.05, 3.63) is 41.1 Å². The van der Waals surface area contributed by atoms with Crippen LogP contribution in [0.1, 0.15) is 24.0 Å². The van der Waals surface area contributed by atoms with Gasteiger partial charge >= 0.3 is 0 Å². The number of halogens is 1.